The van der Waals surface area contributed by atoms with Gasteiger partial charge < -0.3 is 5.73 Å². The van der Waals surface area contributed by atoms with Crippen LogP contribution in [0.3, 0.4) is 0 Å². The highest BCUT2D eigenvalue weighted by Crippen LogP contribution is 2.16. The molecule has 0 unspecified atom stereocenters. The van der Waals surface area contributed by atoms with Gasteiger partial charge in [0.15, 0.2) is 0 Å². The minimum absolute atomic E-state index is 0.468. The highest BCUT2D eigenvalue weighted by atomic mass is 15.3. The fourth-order valence-electron chi connectivity index (χ4n) is 2.36. The van der Waals surface area contributed by atoms with E-state index in [1.807, 2.05) is 10.7 Å². The molecule has 96 valence electrons. The summed E-state index contributed by atoms with van der Waals surface area (Å²) in [7, 11) is 0. The van der Waals surface area contributed by atoms with Crippen molar-refractivity contribution >= 4 is 0 Å². The van der Waals surface area contributed by atoms with Crippen LogP contribution in [0.5, 0.6) is 0 Å². The Kier molecular flexibility index (Phi) is 3.77. The quantitative estimate of drug-likeness (QED) is 0.894. The van der Waals surface area contributed by atoms with Crippen molar-refractivity contribution in [1.29, 1.82) is 0 Å². The van der Waals surface area contributed by atoms with E-state index in [0.29, 0.717) is 6.54 Å². The number of aromatic nitrogens is 3. The van der Waals surface area contributed by atoms with Crippen LogP contribution in [0, 0.1) is 13.8 Å². The van der Waals surface area contributed by atoms with Gasteiger partial charge in [-0.05, 0) is 37.5 Å². The molecule has 4 nitrogen and oxygen atoms in total. The molecule has 0 aliphatic carbocycles. The Hall–Kier alpha value is -1.68. The predicted octanol–water partition coefficient (Wildman–Crippen LogP) is 1.96. The highest BCUT2D eigenvalue weighted by Gasteiger charge is 2.11. The fraction of sp³-hybridized carbons (Fsp3) is 0.429. The summed E-state index contributed by atoms with van der Waals surface area (Å²) in [6.45, 7) is 7.56. The van der Waals surface area contributed by atoms with Gasteiger partial charge in [0.1, 0.15) is 0 Å². The van der Waals surface area contributed by atoms with Crippen LogP contribution in [-0.2, 0) is 19.5 Å². The number of nitrogens with zero attached hydrogens (tertiary/aromatic N) is 3. The van der Waals surface area contributed by atoms with Crippen LogP contribution in [0.25, 0.3) is 0 Å². The SMILES string of the molecule is CCc1c(C)nn(Cc2cccnc2CN)c1C. The molecule has 0 amide bonds. The standard InChI is InChI=1S/C14H20N4/c1-4-13-10(2)17-18(11(13)3)9-12-6-5-7-16-14(12)8-15/h5-7H,4,8-9,15H2,1-3H3. The van der Waals surface area contributed by atoms with E-state index < -0.39 is 0 Å². The summed E-state index contributed by atoms with van der Waals surface area (Å²) >= 11 is 0. The Labute approximate surface area is 108 Å². The van der Waals surface area contributed by atoms with Gasteiger partial charge in [-0.3, -0.25) is 9.67 Å². The van der Waals surface area contributed by atoms with Gasteiger partial charge in [-0.25, -0.2) is 0 Å². The molecule has 4 heteroatoms. The number of hydrogen-bond acceptors (Lipinski definition) is 3. The van der Waals surface area contributed by atoms with Gasteiger partial charge in [-0.15, -0.1) is 0 Å². The summed E-state index contributed by atoms with van der Waals surface area (Å²) in [5.74, 6) is 0. The van der Waals surface area contributed by atoms with Crippen molar-refractivity contribution in [1.82, 2.24) is 14.8 Å². The molecule has 0 aliphatic heterocycles. The van der Waals surface area contributed by atoms with Gasteiger partial charge in [-0.1, -0.05) is 13.0 Å². The zero-order valence-corrected chi connectivity index (χ0v) is 11.3. The molecule has 0 aromatic carbocycles. The summed E-state index contributed by atoms with van der Waals surface area (Å²) in [6, 6.07) is 4.01. The lowest BCUT2D eigenvalue weighted by molar-refractivity contribution is 0.650. The molecule has 0 radical (unpaired) electrons. The molecule has 0 bridgehead atoms. The summed E-state index contributed by atoms with van der Waals surface area (Å²) in [5, 5.41) is 4.60. The van der Waals surface area contributed by atoms with Crippen LogP contribution in [0.15, 0.2) is 18.3 Å². The Balaban J connectivity index is 2.34. The average molecular weight is 244 g/mol. The molecule has 0 saturated heterocycles. The van der Waals surface area contributed by atoms with Crippen molar-refractivity contribution in [3.05, 3.63) is 46.5 Å². The van der Waals surface area contributed by atoms with Crippen molar-refractivity contribution in [3.8, 4) is 0 Å². The first-order valence-corrected chi connectivity index (χ1v) is 6.33. The molecular formula is C14H20N4. The Bertz CT molecular complexity index is 543. The molecule has 0 spiro atoms. The molecule has 2 heterocycles. The summed E-state index contributed by atoms with van der Waals surface area (Å²) in [4.78, 5) is 4.31. The van der Waals surface area contributed by atoms with Gasteiger partial charge in [0.25, 0.3) is 0 Å². The van der Waals surface area contributed by atoms with E-state index in [0.717, 1.165) is 29.9 Å². The molecule has 2 aromatic rings. The fourth-order valence-corrected chi connectivity index (χ4v) is 2.36. The zero-order valence-electron chi connectivity index (χ0n) is 11.3. The summed E-state index contributed by atoms with van der Waals surface area (Å²) in [5.41, 5.74) is 11.5. The van der Waals surface area contributed by atoms with E-state index in [2.05, 4.69) is 36.9 Å². The molecule has 0 saturated carbocycles. The average Bonchev–Trinajstić information content (AvgIpc) is 2.65. The maximum atomic E-state index is 5.71. The topological polar surface area (TPSA) is 56.7 Å². The third kappa shape index (κ3) is 2.29. The van der Waals surface area contributed by atoms with Crippen LogP contribution in [-0.4, -0.2) is 14.8 Å². The zero-order chi connectivity index (χ0) is 13.1. The molecule has 0 aliphatic rings. The number of hydrogen-bond donors (Lipinski definition) is 1. The molecule has 0 atom stereocenters. The van der Waals surface area contributed by atoms with E-state index in [4.69, 9.17) is 5.73 Å². The van der Waals surface area contributed by atoms with E-state index in [-0.39, 0.29) is 0 Å². The maximum absolute atomic E-state index is 5.71. The normalized spacial score (nSPS) is 10.9. The van der Waals surface area contributed by atoms with Crippen molar-refractivity contribution in [2.75, 3.05) is 0 Å². The van der Waals surface area contributed by atoms with E-state index in [9.17, 15) is 0 Å². The molecule has 2 aromatic heterocycles. The van der Waals surface area contributed by atoms with Gasteiger partial charge in [0.2, 0.25) is 0 Å². The molecule has 2 N–H and O–H groups in total. The molecule has 2 rings (SSSR count). The van der Waals surface area contributed by atoms with E-state index >= 15 is 0 Å². The number of aryl methyl sites for hydroxylation is 1. The minimum Gasteiger partial charge on any atom is -0.325 e. The van der Waals surface area contributed by atoms with Crippen LogP contribution >= 0.6 is 0 Å². The van der Waals surface area contributed by atoms with Crippen molar-refractivity contribution in [3.63, 3.8) is 0 Å². The molecule has 0 fully saturated rings. The number of rotatable bonds is 4. The predicted molar refractivity (Wildman–Crippen MR) is 72.3 cm³/mol. The van der Waals surface area contributed by atoms with Gasteiger partial charge >= 0.3 is 0 Å². The second-order valence-electron chi connectivity index (χ2n) is 4.47. The number of pyridine rings is 1. The van der Waals surface area contributed by atoms with Crippen LogP contribution in [0.1, 0.15) is 35.1 Å². The molecule has 18 heavy (non-hydrogen) atoms. The Morgan fingerprint density at radius 1 is 1.33 bits per heavy atom. The first-order valence-electron chi connectivity index (χ1n) is 6.33. The number of nitrogens with two attached hydrogens (primary N) is 1. The van der Waals surface area contributed by atoms with Crippen molar-refractivity contribution in [2.24, 2.45) is 5.73 Å². The molecular weight excluding hydrogens is 224 g/mol. The largest absolute Gasteiger partial charge is 0.325 e. The third-order valence-corrected chi connectivity index (χ3v) is 3.38. The Morgan fingerprint density at radius 3 is 2.72 bits per heavy atom. The first kappa shape index (κ1) is 12.8. The first-order chi connectivity index (χ1) is 8.67. The van der Waals surface area contributed by atoms with Crippen LogP contribution in [0.2, 0.25) is 0 Å². The summed E-state index contributed by atoms with van der Waals surface area (Å²) < 4.78 is 2.05. The second-order valence-corrected chi connectivity index (χ2v) is 4.47. The summed E-state index contributed by atoms with van der Waals surface area (Å²) in [6.07, 6.45) is 2.80. The maximum Gasteiger partial charge on any atom is 0.0680 e. The van der Waals surface area contributed by atoms with Gasteiger partial charge in [0.05, 0.1) is 17.9 Å². The monoisotopic (exact) mass is 244 g/mol. The van der Waals surface area contributed by atoms with E-state index in [1.165, 1.54) is 11.3 Å². The second kappa shape index (κ2) is 5.31. The smallest absolute Gasteiger partial charge is 0.0680 e. The Morgan fingerprint density at radius 2 is 2.11 bits per heavy atom. The van der Waals surface area contributed by atoms with Crippen molar-refractivity contribution in [2.45, 2.75) is 40.3 Å². The lowest BCUT2D eigenvalue weighted by Crippen LogP contribution is -2.10. The van der Waals surface area contributed by atoms with Gasteiger partial charge in [0, 0.05) is 18.4 Å². The third-order valence-electron chi connectivity index (χ3n) is 3.38. The van der Waals surface area contributed by atoms with Crippen LogP contribution < -0.4 is 5.73 Å². The minimum atomic E-state index is 0.468. The lowest BCUT2D eigenvalue weighted by Gasteiger charge is -2.08. The lowest BCUT2D eigenvalue weighted by atomic mass is 10.1. The van der Waals surface area contributed by atoms with E-state index in [1.54, 1.807) is 6.20 Å². The highest BCUT2D eigenvalue weighted by molar-refractivity contribution is 5.26. The van der Waals surface area contributed by atoms with Gasteiger partial charge in [-0.2, -0.15) is 5.10 Å². The van der Waals surface area contributed by atoms with Crippen LogP contribution in [0.4, 0.5) is 0 Å². The van der Waals surface area contributed by atoms with Crippen molar-refractivity contribution < 1.29 is 0 Å².